The number of nitrogens with zero attached hydrogens (tertiary/aromatic N) is 2. The second kappa shape index (κ2) is 9.38. The molecule has 0 aliphatic heterocycles. The fourth-order valence-electron chi connectivity index (χ4n) is 2.86. The standard InChI is InChI=1S/C21H20F3N3O2/c1-2-10-27(12-18(28)26-16-9-8-15(22)20(23)21(16)24)13-19-25-11-17(29-19)14-6-4-3-5-7-14/h3-9,11H,2,10,12-13H2,1H3,(H,26,28). The van der Waals surface area contributed by atoms with Gasteiger partial charge in [-0.05, 0) is 25.1 Å². The van der Waals surface area contributed by atoms with E-state index in [0.717, 1.165) is 24.1 Å². The molecule has 152 valence electrons. The second-order valence-electron chi connectivity index (χ2n) is 6.47. The summed E-state index contributed by atoms with van der Waals surface area (Å²) >= 11 is 0. The molecule has 29 heavy (non-hydrogen) atoms. The third kappa shape index (κ3) is 5.23. The highest BCUT2D eigenvalue weighted by atomic mass is 19.2. The summed E-state index contributed by atoms with van der Waals surface area (Å²) in [4.78, 5) is 18.3. The topological polar surface area (TPSA) is 58.4 Å². The van der Waals surface area contributed by atoms with Gasteiger partial charge in [0, 0.05) is 5.56 Å². The van der Waals surface area contributed by atoms with Crippen LogP contribution in [0.4, 0.5) is 18.9 Å². The lowest BCUT2D eigenvalue weighted by atomic mass is 10.2. The van der Waals surface area contributed by atoms with Crippen molar-refractivity contribution in [3.05, 3.63) is 72.0 Å². The van der Waals surface area contributed by atoms with Crippen LogP contribution in [0.2, 0.25) is 0 Å². The Hall–Kier alpha value is -3.13. The van der Waals surface area contributed by atoms with Gasteiger partial charge >= 0.3 is 0 Å². The maximum absolute atomic E-state index is 13.8. The highest BCUT2D eigenvalue weighted by Gasteiger charge is 2.18. The number of amides is 1. The number of oxazole rings is 1. The lowest BCUT2D eigenvalue weighted by molar-refractivity contribution is -0.117. The highest BCUT2D eigenvalue weighted by molar-refractivity contribution is 5.92. The molecule has 0 unspecified atom stereocenters. The zero-order chi connectivity index (χ0) is 20.8. The molecule has 0 saturated carbocycles. The van der Waals surface area contributed by atoms with Gasteiger partial charge in [0.1, 0.15) is 0 Å². The summed E-state index contributed by atoms with van der Waals surface area (Å²) in [6.07, 6.45) is 2.38. The lowest BCUT2D eigenvalue weighted by Gasteiger charge is -2.19. The highest BCUT2D eigenvalue weighted by Crippen LogP contribution is 2.21. The van der Waals surface area contributed by atoms with E-state index < -0.39 is 29.0 Å². The van der Waals surface area contributed by atoms with Crippen LogP contribution in [0.25, 0.3) is 11.3 Å². The quantitative estimate of drug-likeness (QED) is 0.558. The molecular formula is C21H20F3N3O2. The van der Waals surface area contributed by atoms with E-state index in [4.69, 9.17) is 4.42 Å². The number of hydrogen-bond acceptors (Lipinski definition) is 4. The first-order valence-corrected chi connectivity index (χ1v) is 9.13. The Morgan fingerprint density at radius 3 is 2.59 bits per heavy atom. The van der Waals surface area contributed by atoms with Crippen molar-refractivity contribution in [2.24, 2.45) is 0 Å². The van der Waals surface area contributed by atoms with Crippen LogP contribution >= 0.6 is 0 Å². The molecule has 0 fully saturated rings. The van der Waals surface area contributed by atoms with Crippen LogP contribution in [0.5, 0.6) is 0 Å². The predicted molar refractivity (Wildman–Crippen MR) is 102 cm³/mol. The molecule has 0 bridgehead atoms. The normalized spacial score (nSPS) is 11.1. The maximum atomic E-state index is 13.8. The van der Waals surface area contributed by atoms with Crippen LogP contribution in [-0.4, -0.2) is 28.9 Å². The van der Waals surface area contributed by atoms with E-state index in [1.165, 1.54) is 0 Å². The minimum atomic E-state index is -1.62. The van der Waals surface area contributed by atoms with Crippen LogP contribution < -0.4 is 5.32 Å². The number of halogens is 3. The van der Waals surface area contributed by atoms with Gasteiger partial charge in [-0.2, -0.15) is 0 Å². The number of nitrogens with one attached hydrogen (secondary N) is 1. The summed E-state index contributed by atoms with van der Waals surface area (Å²) in [6, 6.07) is 11.2. The van der Waals surface area contributed by atoms with Gasteiger partial charge in [0.25, 0.3) is 0 Å². The minimum absolute atomic E-state index is 0.0880. The molecule has 2 aromatic carbocycles. The number of carbonyl (C=O) groups is 1. The van der Waals surface area contributed by atoms with Crippen molar-refractivity contribution in [1.29, 1.82) is 0 Å². The predicted octanol–water partition coefficient (Wildman–Crippen LogP) is 4.61. The fraction of sp³-hybridized carbons (Fsp3) is 0.238. The smallest absolute Gasteiger partial charge is 0.238 e. The van der Waals surface area contributed by atoms with Crippen molar-refractivity contribution >= 4 is 11.6 Å². The summed E-state index contributed by atoms with van der Waals surface area (Å²) in [5, 5.41) is 2.27. The third-order valence-corrected chi connectivity index (χ3v) is 4.19. The van der Waals surface area contributed by atoms with Gasteiger partial charge < -0.3 is 9.73 Å². The number of rotatable bonds is 8. The Bertz CT molecular complexity index is 977. The largest absolute Gasteiger partial charge is 0.439 e. The molecule has 1 amide bonds. The Morgan fingerprint density at radius 2 is 1.86 bits per heavy atom. The molecule has 5 nitrogen and oxygen atoms in total. The van der Waals surface area contributed by atoms with Crippen LogP contribution in [-0.2, 0) is 11.3 Å². The van der Waals surface area contributed by atoms with Gasteiger partial charge in [-0.1, -0.05) is 37.3 Å². The van der Waals surface area contributed by atoms with Crippen molar-refractivity contribution in [1.82, 2.24) is 9.88 Å². The number of aromatic nitrogens is 1. The first kappa shape index (κ1) is 20.6. The van der Waals surface area contributed by atoms with Crippen molar-refractivity contribution in [3.63, 3.8) is 0 Å². The van der Waals surface area contributed by atoms with Crippen molar-refractivity contribution < 1.29 is 22.4 Å². The van der Waals surface area contributed by atoms with Crippen LogP contribution in [0.3, 0.4) is 0 Å². The molecule has 0 aliphatic rings. The molecule has 0 spiro atoms. The van der Waals surface area contributed by atoms with E-state index in [2.05, 4.69) is 10.3 Å². The van der Waals surface area contributed by atoms with Crippen molar-refractivity contribution in [3.8, 4) is 11.3 Å². The second-order valence-corrected chi connectivity index (χ2v) is 6.47. The molecule has 0 radical (unpaired) electrons. The molecule has 0 aliphatic carbocycles. The molecule has 3 aromatic rings. The molecule has 1 heterocycles. The first-order chi connectivity index (χ1) is 14.0. The van der Waals surface area contributed by atoms with E-state index >= 15 is 0 Å². The van der Waals surface area contributed by atoms with E-state index in [1.807, 2.05) is 37.3 Å². The van der Waals surface area contributed by atoms with Gasteiger partial charge in [-0.25, -0.2) is 18.2 Å². The Labute approximate surface area is 166 Å². The molecule has 0 saturated heterocycles. The third-order valence-electron chi connectivity index (χ3n) is 4.19. The van der Waals surface area contributed by atoms with Gasteiger partial charge in [-0.15, -0.1) is 0 Å². The molecular weight excluding hydrogens is 383 g/mol. The van der Waals surface area contributed by atoms with Crippen LogP contribution in [0.1, 0.15) is 19.2 Å². The summed E-state index contributed by atoms with van der Waals surface area (Å²) in [5.41, 5.74) is 0.479. The van der Waals surface area contributed by atoms with E-state index in [9.17, 15) is 18.0 Å². The Morgan fingerprint density at radius 1 is 1.10 bits per heavy atom. The summed E-state index contributed by atoms with van der Waals surface area (Å²) in [7, 11) is 0. The molecule has 3 rings (SSSR count). The van der Waals surface area contributed by atoms with Gasteiger partial charge in [0.15, 0.2) is 23.2 Å². The monoisotopic (exact) mass is 403 g/mol. The van der Waals surface area contributed by atoms with Crippen molar-refractivity contribution in [2.75, 3.05) is 18.4 Å². The Kier molecular flexibility index (Phi) is 6.66. The average molecular weight is 403 g/mol. The van der Waals surface area contributed by atoms with Crippen LogP contribution in [0, 0.1) is 17.5 Å². The number of carbonyl (C=O) groups excluding carboxylic acids is 1. The van der Waals surface area contributed by atoms with Crippen LogP contribution in [0.15, 0.2) is 53.1 Å². The maximum Gasteiger partial charge on any atom is 0.238 e. The molecule has 0 atom stereocenters. The number of hydrogen-bond donors (Lipinski definition) is 1. The van der Waals surface area contributed by atoms with E-state index in [1.54, 1.807) is 11.1 Å². The zero-order valence-corrected chi connectivity index (χ0v) is 15.8. The SMILES string of the molecule is CCCN(CC(=O)Nc1ccc(F)c(F)c1F)Cc1ncc(-c2ccccc2)o1. The van der Waals surface area contributed by atoms with Gasteiger partial charge in [-0.3, -0.25) is 9.69 Å². The van der Waals surface area contributed by atoms with Gasteiger partial charge in [0.05, 0.1) is 25.0 Å². The number of anilines is 1. The zero-order valence-electron chi connectivity index (χ0n) is 15.8. The molecule has 1 aromatic heterocycles. The lowest BCUT2D eigenvalue weighted by Crippen LogP contribution is -2.33. The summed E-state index contributed by atoms with van der Waals surface area (Å²) in [6.45, 7) is 2.70. The summed E-state index contributed by atoms with van der Waals surface area (Å²) in [5.74, 6) is -3.87. The van der Waals surface area contributed by atoms with Gasteiger partial charge in [0.2, 0.25) is 11.8 Å². The molecule has 8 heteroatoms. The van der Waals surface area contributed by atoms with Crippen molar-refractivity contribution in [2.45, 2.75) is 19.9 Å². The van der Waals surface area contributed by atoms with E-state index in [-0.39, 0.29) is 13.1 Å². The Balaban J connectivity index is 1.65. The summed E-state index contributed by atoms with van der Waals surface area (Å²) < 4.78 is 45.9. The first-order valence-electron chi connectivity index (χ1n) is 9.13. The molecule has 1 N–H and O–H groups in total. The minimum Gasteiger partial charge on any atom is -0.439 e. The van der Waals surface area contributed by atoms with E-state index in [0.29, 0.717) is 18.2 Å². The number of benzene rings is 2. The average Bonchev–Trinajstić information content (AvgIpc) is 3.18. The fourth-order valence-corrected chi connectivity index (χ4v) is 2.86.